The van der Waals surface area contributed by atoms with Gasteiger partial charge in [-0.2, -0.15) is 0 Å². The van der Waals surface area contributed by atoms with Gasteiger partial charge in [0.05, 0.1) is 22.0 Å². The maximum atomic E-state index is 14.9. The van der Waals surface area contributed by atoms with E-state index < -0.39 is 23.4 Å². The second-order valence-electron chi connectivity index (χ2n) is 10.7. The number of carbonyl (C=O) groups excluding carboxylic acids is 3. The Balaban J connectivity index is 1.58. The van der Waals surface area contributed by atoms with Gasteiger partial charge < -0.3 is 10.2 Å². The summed E-state index contributed by atoms with van der Waals surface area (Å²) in [6.45, 7) is 2.00. The zero-order valence-electron chi connectivity index (χ0n) is 22.0. The van der Waals surface area contributed by atoms with E-state index in [-0.39, 0.29) is 33.1 Å². The largest absolute Gasteiger partial charge is 0.352 e. The summed E-state index contributed by atoms with van der Waals surface area (Å²) in [6.07, 6.45) is 2.02. The fourth-order valence-corrected chi connectivity index (χ4v) is 7.49. The number of allylic oxidation sites excluding steroid dienone is 1. The number of carbonyl (C=O) groups is 3. The zero-order chi connectivity index (χ0) is 28.5. The summed E-state index contributed by atoms with van der Waals surface area (Å²) in [5.41, 5.74) is 3.15. The number of hydrogen-bond acceptors (Lipinski definition) is 4. The first-order chi connectivity index (χ1) is 19.9. The number of rotatable bonds is 4. The van der Waals surface area contributed by atoms with Crippen LogP contribution in [0.3, 0.4) is 0 Å². The lowest BCUT2D eigenvalue weighted by molar-refractivity contribution is -0.121. The summed E-state index contributed by atoms with van der Waals surface area (Å²) in [7, 11) is 0. The molecule has 4 aromatic rings. The number of fused-ring (bicyclic) bond motifs is 6. The lowest BCUT2D eigenvalue weighted by Crippen LogP contribution is -2.51. The van der Waals surface area contributed by atoms with Gasteiger partial charge in [0.2, 0.25) is 5.91 Å². The molecule has 7 heteroatoms. The van der Waals surface area contributed by atoms with Crippen molar-refractivity contribution >= 4 is 57.6 Å². The van der Waals surface area contributed by atoms with Crippen molar-refractivity contribution in [1.82, 2.24) is 0 Å². The number of Topliss-reactive ketones (excluding diaryl/α,β-unsaturated/α-hetero) is 2. The molecule has 1 N–H and O–H groups in total. The molecule has 4 aromatic carbocycles. The van der Waals surface area contributed by atoms with Crippen molar-refractivity contribution in [2.45, 2.75) is 24.4 Å². The Morgan fingerprint density at radius 2 is 1.37 bits per heavy atom. The average Bonchev–Trinajstić information content (AvgIpc) is 3.45. The molecule has 41 heavy (non-hydrogen) atoms. The summed E-state index contributed by atoms with van der Waals surface area (Å²) in [5, 5.41) is 3.59. The van der Waals surface area contributed by atoms with Gasteiger partial charge in [0.1, 0.15) is 11.5 Å². The maximum absolute atomic E-state index is 14.9. The number of nitrogens with zero attached hydrogens (tertiary/aromatic N) is 1. The summed E-state index contributed by atoms with van der Waals surface area (Å²) in [5.74, 6) is -2.14. The molecule has 0 radical (unpaired) electrons. The molecule has 1 amide bonds. The van der Waals surface area contributed by atoms with Gasteiger partial charge >= 0.3 is 0 Å². The SMILES string of the molecule is CC1=C[C@H]2N(c3ccccc31)[C@@H](C(=O)c1ccccc1Cl)[C@@H](C(=O)c1ccccc1Cl)[C@]21C(=O)Nc2ccccc21. The van der Waals surface area contributed by atoms with E-state index >= 15 is 0 Å². The van der Waals surface area contributed by atoms with Crippen LogP contribution in [0.4, 0.5) is 11.4 Å². The van der Waals surface area contributed by atoms with Gasteiger partial charge in [0.15, 0.2) is 11.6 Å². The van der Waals surface area contributed by atoms with E-state index in [1.54, 1.807) is 48.5 Å². The van der Waals surface area contributed by atoms with Crippen molar-refractivity contribution in [3.8, 4) is 0 Å². The van der Waals surface area contributed by atoms with Crippen molar-refractivity contribution in [2.75, 3.05) is 10.2 Å². The third-order valence-corrected chi connectivity index (χ3v) is 9.37. The molecule has 0 unspecified atom stereocenters. The van der Waals surface area contributed by atoms with E-state index in [4.69, 9.17) is 23.2 Å². The number of amides is 1. The predicted octanol–water partition coefficient (Wildman–Crippen LogP) is 7.24. The summed E-state index contributed by atoms with van der Waals surface area (Å²) in [4.78, 5) is 46.0. The van der Waals surface area contributed by atoms with E-state index in [0.717, 1.165) is 16.8 Å². The lowest BCUT2D eigenvalue weighted by Gasteiger charge is -2.39. The van der Waals surface area contributed by atoms with Crippen LogP contribution in [0.1, 0.15) is 38.8 Å². The van der Waals surface area contributed by atoms with Gasteiger partial charge in [-0.1, -0.05) is 89.9 Å². The average molecular weight is 579 g/mol. The van der Waals surface area contributed by atoms with Gasteiger partial charge in [-0.15, -0.1) is 0 Å². The van der Waals surface area contributed by atoms with Crippen LogP contribution >= 0.6 is 23.2 Å². The smallest absolute Gasteiger partial charge is 0.238 e. The van der Waals surface area contributed by atoms with Crippen LogP contribution in [0.2, 0.25) is 10.0 Å². The van der Waals surface area contributed by atoms with Crippen LogP contribution in [-0.2, 0) is 10.2 Å². The number of benzene rings is 4. The fourth-order valence-electron chi connectivity index (χ4n) is 7.04. The second-order valence-corrected chi connectivity index (χ2v) is 11.5. The standard InChI is InChI=1S/C34H24Cl2N2O3/c1-19-18-28-34(23-13-5-8-16-26(23)37-33(34)41)29(31(39)21-11-2-6-14-24(21)35)30(32(40)22-12-3-7-15-25(22)36)38(28)27-17-9-4-10-20(19)27/h2-18,28-30H,1H3,(H,37,41)/t28-,29+,30-,34-/m1/s1. The molecule has 5 nitrogen and oxygen atoms in total. The minimum Gasteiger partial charge on any atom is -0.352 e. The molecule has 7 rings (SSSR count). The molecule has 1 fully saturated rings. The minimum absolute atomic E-state index is 0.264. The highest BCUT2D eigenvalue weighted by molar-refractivity contribution is 6.36. The van der Waals surface area contributed by atoms with Crippen LogP contribution in [0.15, 0.2) is 103 Å². The molecule has 1 spiro atoms. The predicted molar refractivity (Wildman–Crippen MR) is 162 cm³/mol. The topological polar surface area (TPSA) is 66.5 Å². The third-order valence-electron chi connectivity index (χ3n) is 8.71. The van der Waals surface area contributed by atoms with Crippen molar-refractivity contribution in [2.24, 2.45) is 5.92 Å². The van der Waals surface area contributed by atoms with E-state index in [2.05, 4.69) is 5.32 Å². The van der Waals surface area contributed by atoms with E-state index in [0.29, 0.717) is 16.8 Å². The number of anilines is 2. The molecule has 3 aliphatic rings. The monoisotopic (exact) mass is 578 g/mol. The summed E-state index contributed by atoms with van der Waals surface area (Å²) in [6, 6.07) is 27.1. The highest BCUT2D eigenvalue weighted by atomic mass is 35.5. The van der Waals surface area contributed by atoms with Crippen LogP contribution in [0, 0.1) is 5.92 Å². The zero-order valence-corrected chi connectivity index (χ0v) is 23.5. The quantitative estimate of drug-likeness (QED) is 0.259. The minimum atomic E-state index is -1.41. The van der Waals surface area contributed by atoms with Crippen LogP contribution in [0.25, 0.3) is 5.57 Å². The van der Waals surface area contributed by atoms with Gasteiger partial charge in [0, 0.05) is 28.1 Å². The van der Waals surface area contributed by atoms with Crippen molar-refractivity contribution in [3.05, 3.63) is 135 Å². The molecule has 0 bridgehead atoms. The van der Waals surface area contributed by atoms with E-state index in [1.807, 2.05) is 66.4 Å². The molecule has 3 heterocycles. The number of hydrogen-bond donors (Lipinski definition) is 1. The normalized spacial score (nSPS) is 23.9. The van der Waals surface area contributed by atoms with E-state index in [9.17, 15) is 14.4 Å². The summed E-state index contributed by atoms with van der Waals surface area (Å²) < 4.78 is 0. The molecule has 0 saturated carbocycles. The number of nitrogens with one attached hydrogen (secondary N) is 1. The first-order valence-corrected chi connectivity index (χ1v) is 14.2. The number of ketones is 2. The highest BCUT2D eigenvalue weighted by Crippen LogP contribution is 2.59. The fraction of sp³-hybridized carbons (Fsp3) is 0.147. The van der Waals surface area contributed by atoms with Gasteiger partial charge in [-0.05, 0) is 54.5 Å². The van der Waals surface area contributed by atoms with Crippen molar-refractivity contribution in [3.63, 3.8) is 0 Å². The van der Waals surface area contributed by atoms with Crippen molar-refractivity contribution in [1.29, 1.82) is 0 Å². The molecule has 4 atom stereocenters. The number of para-hydroxylation sites is 2. The second kappa shape index (κ2) is 9.44. The molecule has 0 aliphatic carbocycles. The van der Waals surface area contributed by atoms with Crippen LogP contribution in [-0.4, -0.2) is 29.6 Å². The van der Waals surface area contributed by atoms with Crippen molar-refractivity contribution < 1.29 is 14.4 Å². The lowest BCUT2D eigenvalue weighted by atomic mass is 9.64. The molecule has 1 saturated heterocycles. The van der Waals surface area contributed by atoms with Crippen LogP contribution < -0.4 is 10.2 Å². The molecular formula is C34H24Cl2N2O3. The molecule has 0 aromatic heterocycles. The van der Waals surface area contributed by atoms with Crippen LogP contribution in [0.5, 0.6) is 0 Å². The molecule has 3 aliphatic heterocycles. The first-order valence-electron chi connectivity index (χ1n) is 13.4. The third kappa shape index (κ3) is 3.52. The molecule has 202 valence electrons. The Kier molecular flexibility index (Phi) is 5.93. The molecular weight excluding hydrogens is 555 g/mol. The Morgan fingerprint density at radius 1 is 0.780 bits per heavy atom. The van der Waals surface area contributed by atoms with Gasteiger partial charge in [-0.25, -0.2) is 0 Å². The number of halogens is 2. The Morgan fingerprint density at radius 3 is 2.07 bits per heavy atom. The maximum Gasteiger partial charge on any atom is 0.238 e. The first kappa shape index (κ1) is 25.8. The Labute approximate surface area is 247 Å². The van der Waals surface area contributed by atoms with Gasteiger partial charge in [-0.3, -0.25) is 14.4 Å². The van der Waals surface area contributed by atoms with Gasteiger partial charge in [0.25, 0.3) is 0 Å². The Bertz CT molecular complexity index is 1820. The summed E-state index contributed by atoms with van der Waals surface area (Å²) >= 11 is 13.2. The Hall–Kier alpha value is -4.19. The highest BCUT2D eigenvalue weighted by Gasteiger charge is 2.70. The van der Waals surface area contributed by atoms with E-state index in [1.165, 1.54) is 0 Å².